The van der Waals surface area contributed by atoms with Crippen molar-refractivity contribution in [2.45, 2.75) is 19.9 Å². The van der Waals surface area contributed by atoms with Crippen LogP contribution in [-0.4, -0.2) is 22.4 Å². The molecule has 0 saturated heterocycles. The summed E-state index contributed by atoms with van der Waals surface area (Å²) in [6, 6.07) is 7.56. The van der Waals surface area contributed by atoms with Crippen molar-refractivity contribution in [2.24, 2.45) is 0 Å². The van der Waals surface area contributed by atoms with Crippen molar-refractivity contribution >= 4 is 34.9 Å². The topological polar surface area (TPSA) is 94.4 Å². The number of aryl methyl sites for hydroxylation is 1. The number of amides is 1. The number of ether oxygens (including phenoxy) is 1. The number of nitrogens with one attached hydrogen (secondary N) is 1. The number of nitrogens with zero attached hydrogens (tertiary/aromatic N) is 2. The van der Waals surface area contributed by atoms with Gasteiger partial charge in [0.25, 0.3) is 5.91 Å². The minimum Gasteiger partial charge on any atom is -0.476 e. The highest BCUT2D eigenvalue weighted by Crippen LogP contribution is 2.26. The van der Waals surface area contributed by atoms with Gasteiger partial charge in [-0.3, -0.25) is 4.79 Å². The lowest BCUT2D eigenvalue weighted by molar-refractivity contribution is -0.390. The van der Waals surface area contributed by atoms with E-state index in [0.29, 0.717) is 21.3 Å². The highest BCUT2D eigenvalue weighted by atomic mass is 35.5. The number of pyridine rings is 1. The fourth-order valence-electron chi connectivity index (χ4n) is 2.13. The van der Waals surface area contributed by atoms with E-state index in [-0.39, 0.29) is 18.4 Å². The maximum atomic E-state index is 12.0. The van der Waals surface area contributed by atoms with Crippen LogP contribution in [0.2, 0.25) is 10.0 Å². The summed E-state index contributed by atoms with van der Waals surface area (Å²) in [7, 11) is 0. The molecule has 1 atom stereocenters. The highest BCUT2D eigenvalue weighted by Gasteiger charge is 2.19. The second-order valence-corrected chi connectivity index (χ2v) is 6.12. The van der Waals surface area contributed by atoms with Crippen LogP contribution >= 0.6 is 23.2 Å². The van der Waals surface area contributed by atoms with Gasteiger partial charge in [0.05, 0.1) is 6.04 Å². The zero-order valence-corrected chi connectivity index (χ0v) is 15.0. The first kappa shape index (κ1) is 19.0. The number of hydrogen-bond donors (Lipinski definition) is 1. The molecule has 25 heavy (non-hydrogen) atoms. The lowest BCUT2D eigenvalue weighted by Crippen LogP contribution is -2.31. The van der Waals surface area contributed by atoms with Gasteiger partial charge in [-0.25, -0.2) is 0 Å². The smallest absolute Gasteiger partial charge is 0.406 e. The Bertz CT molecular complexity index is 814. The number of aromatic nitrogens is 1. The van der Waals surface area contributed by atoms with Gasteiger partial charge in [0.2, 0.25) is 5.75 Å². The maximum Gasteiger partial charge on any atom is 0.406 e. The molecule has 0 aliphatic carbocycles. The molecule has 0 unspecified atom stereocenters. The normalized spacial score (nSPS) is 11.7. The first-order chi connectivity index (χ1) is 11.8. The third-order valence-corrected chi connectivity index (χ3v) is 3.88. The van der Waals surface area contributed by atoms with Crippen molar-refractivity contribution in [1.82, 2.24) is 10.3 Å². The van der Waals surface area contributed by atoms with Gasteiger partial charge in [-0.05, 0) is 46.7 Å². The first-order valence-corrected chi connectivity index (χ1v) is 8.02. The minimum atomic E-state index is -0.656. The summed E-state index contributed by atoms with van der Waals surface area (Å²) in [5, 5.41) is 14.6. The largest absolute Gasteiger partial charge is 0.476 e. The zero-order valence-electron chi connectivity index (χ0n) is 13.5. The van der Waals surface area contributed by atoms with E-state index in [0.717, 1.165) is 0 Å². The molecule has 0 aliphatic heterocycles. The van der Waals surface area contributed by atoms with Gasteiger partial charge in [-0.1, -0.05) is 29.3 Å². The Morgan fingerprint density at radius 3 is 2.72 bits per heavy atom. The highest BCUT2D eigenvalue weighted by molar-refractivity contribution is 6.35. The maximum absolute atomic E-state index is 12.0. The van der Waals surface area contributed by atoms with Gasteiger partial charge in [0.15, 0.2) is 6.61 Å². The Morgan fingerprint density at radius 1 is 1.36 bits per heavy atom. The summed E-state index contributed by atoms with van der Waals surface area (Å²) in [6.45, 7) is 2.99. The average Bonchev–Trinajstić information content (AvgIpc) is 2.53. The molecule has 0 spiro atoms. The molecule has 1 aromatic carbocycles. The van der Waals surface area contributed by atoms with Gasteiger partial charge in [-0.2, -0.15) is 0 Å². The predicted octanol–water partition coefficient (Wildman–Crippen LogP) is 3.86. The molecule has 1 aromatic heterocycles. The van der Waals surface area contributed by atoms with Crippen LogP contribution < -0.4 is 10.1 Å². The third-order valence-electron chi connectivity index (χ3n) is 3.32. The lowest BCUT2D eigenvalue weighted by atomic mass is 10.1. The molecule has 0 aliphatic rings. The Labute approximate surface area is 154 Å². The van der Waals surface area contributed by atoms with Crippen LogP contribution in [0.4, 0.5) is 5.82 Å². The molecule has 1 amide bonds. The van der Waals surface area contributed by atoms with Crippen molar-refractivity contribution < 1.29 is 14.5 Å². The van der Waals surface area contributed by atoms with Crippen molar-refractivity contribution in [3.8, 4) is 5.75 Å². The lowest BCUT2D eigenvalue weighted by Gasteiger charge is -2.16. The standard InChI is InChI=1S/C16H15Cl2N3O4/c1-9-3-6-14(16(19-9)21(23)24)25-8-15(22)20-10(2)12-5-4-11(17)7-13(12)18/h3-7,10H,8H2,1-2H3,(H,20,22)/t10-/m0/s1. The second-order valence-electron chi connectivity index (χ2n) is 5.28. The average molecular weight is 384 g/mol. The zero-order chi connectivity index (χ0) is 18.6. The molecule has 1 N–H and O–H groups in total. The minimum absolute atomic E-state index is 0.0667. The van der Waals surface area contributed by atoms with Crippen LogP contribution in [0.1, 0.15) is 24.2 Å². The van der Waals surface area contributed by atoms with Gasteiger partial charge < -0.3 is 20.2 Å². The van der Waals surface area contributed by atoms with Crippen molar-refractivity contribution in [3.05, 3.63) is 61.7 Å². The molecule has 2 rings (SSSR count). The summed E-state index contributed by atoms with van der Waals surface area (Å²) >= 11 is 11.9. The number of carbonyl (C=O) groups excluding carboxylic acids is 1. The Balaban J connectivity index is 2.00. The summed E-state index contributed by atoms with van der Waals surface area (Å²) in [5.74, 6) is -0.946. The van der Waals surface area contributed by atoms with Crippen LogP contribution in [0.15, 0.2) is 30.3 Å². The molecule has 0 radical (unpaired) electrons. The molecule has 9 heteroatoms. The number of halogens is 2. The third kappa shape index (κ3) is 5.04. The van der Waals surface area contributed by atoms with Gasteiger partial charge in [0, 0.05) is 17.0 Å². The van der Waals surface area contributed by atoms with E-state index in [2.05, 4.69) is 10.3 Å². The van der Waals surface area contributed by atoms with Crippen molar-refractivity contribution in [3.63, 3.8) is 0 Å². The molecular formula is C16H15Cl2N3O4. The molecule has 0 bridgehead atoms. The first-order valence-electron chi connectivity index (χ1n) is 7.27. The molecule has 0 fully saturated rings. The number of hydrogen-bond acceptors (Lipinski definition) is 5. The summed E-state index contributed by atoms with van der Waals surface area (Å²) in [6.07, 6.45) is 0. The molecule has 7 nitrogen and oxygen atoms in total. The molecule has 1 heterocycles. The summed E-state index contributed by atoms with van der Waals surface area (Å²) < 4.78 is 5.23. The van der Waals surface area contributed by atoms with E-state index in [1.165, 1.54) is 6.07 Å². The van der Waals surface area contributed by atoms with Crippen LogP contribution in [0.5, 0.6) is 5.75 Å². The molecule has 2 aromatic rings. The fraction of sp³-hybridized carbons (Fsp3) is 0.250. The van der Waals surface area contributed by atoms with Gasteiger partial charge in [0.1, 0.15) is 5.69 Å². The summed E-state index contributed by atoms with van der Waals surface area (Å²) in [4.78, 5) is 26.2. The number of benzene rings is 1. The van der Waals surface area contributed by atoms with E-state index in [1.807, 2.05) is 0 Å². The molecule has 0 saturated carbocycles. The molecular weight excluding hydrogens is 369 g/mol. The number of carbonyl (C=O) groups is 1. The Hall–Kier alpha value is -2.38. The van der Waals surface area contributed by atoms with Crippen molar-refractivity contribution in [1.29, 1.82) is 0 Å². The van der Waals surface area contributed by atoms with E-state index in [1.54, 1.807) is 38.1 Å². The van der Waals surface area contributed by atoms with Crippen molar-refractivity contribution in [2.75, 3.05) is 6.61 Å². The summed E-state index contributed by atoms with van der Waals surface area (Å²) in [5.41, 5.74) is 1.18. The van der Waals surface area contributed by atoms with Gasteiger partial charge in [-0.15, -0.1) is 0 Å². The second kappa shape index (κ2) is 8.13. The predicted molar refractivity (Wildman–Crippen MR) is 94.1 cm³/mol. The van der Waals surface area contributed by atoms with Crippen LogP contribution in [0.25, 0.3) is 0 Å². The SMILES string of the molecule is Cc1ccc(OCC(=O)N[C@@H](C)c2ccc(Cl)cc2Cl)c([N+](=O)[O-])n1. The Kier molecular flexibility index (Phi) is 6.17. The quantitative estimate of drug-likeness (QED) is 0.603. The number of nitro groups is 1. The van der Waals surface area contributed by atoms with Crippen LogP contribution in [-0.2, 0) is 4.79 Å². The Morgan fingerprint density at radius 2 is 2.08 bits per heavy atom. The van der Waals surface area contributed by atoms with E-state index in [9.17, 15) is 14.9 Å². The van der Waals surface area contributed by atoms with Crippen LogP contribution in [0, 0.1) is 17.0 Å². The monoisotopic (exact) mass is 383 g/mol. The van der Waals surface area contributed by atoms with Crippen LogP contribution in [0.3, 0.4) is 0 Å². The number of rotatable bonds is 6. The molecule has 132 valence electrons. The van der Waals surface area contributed by atoms with E-state index < -0.39 is 16.6 Å². The fourth-order valence-corrected chi connectivity index (χ4v) is 2.70. The van der Waals surface area contributed by atoms with E-state index >= 15 is 0 Å². The van der Waals surface area contributed by atoms with E-state index in [4.69, 9.17) is 27.9 Å². The van der Waals surface area contributed by atoms with Gasteiger partial charge >= 0.3 is 5.82 Å².